The Bertz CT molecular complexity index is 990. The van der Waals surface area contributed by atoms with Crippen molar-refractivity contribution in [2.75, 3.05) is 16.9 Å². The van der Waals surface area contributed by atoms with Crippen LogP contribution in [0.1, 0.15) is 25.3 Å². The summed E-state index contributed by atoms with van der Waals surface area (Å²) in [5, 5.41) is 12.2. The smallest absolute Gasteiger partial charge is 0.234 e. The molecule has 0 spiro atoms. The van der Waals surface area contributed by atoms with E-state index in [0.29, 0.717) is 16.0 Å². The van der Waals surface area contributed by atoms with Crippen LogP contribution < -0.4 is 11.2 Å². The van der Waals surface area contributed by atoms with Crippen molar-refractivity contribution in [2.45, 2.75) is 24.9 Å². The van der Waals surface area contributed by atoms with Gasteiger partial charge in [0, 0.05) is 20.7 Å². The Labute approximate surface area is 181 Å². The number of nitrogens with one attached hydrogen (secondary N) is 1. The third-order valence-electron chi connectivity index (χ3n) is 4.01. The Morgan fingerprint density at radius 1 is 1.25 bits per heavy atom. The number of carbonyl (C=O) groups excluding carboxylic acids is 1. The molecule has 146 valence electrons. The van der Waals surface area contributed by atoms with E-state index < -0.39 is 0 Å². The van der Waals surface area contributed by atoms with Crippen molar-refractivity contribution in [1.29, 1.82) is 0 Å². The lowest BCUT2D eigenvalue weighted by Crippen LogP contribution is -2.17. The van der Waals surface area contributed by atoms with Crippen LogP contribution in [0.25, 0.3) is 11.4 Å². The first kappa shape index (κ1) is 20.7. The van der Waals surface area contributed by atoms with Crippen molar-refractivity contribution in [3.05, 3.63) is 57.5 Å². The Kier molecular flexibility index (Phi) is 6.64. The fraction of sp³-hybridized carbons (Fsp3) is 0.211. The average Bonchev–Trinajstić information content (AvgIpc) is 3.02. The van der Waals surface area contributed by atoms with E-state index in [-0.39, 0.29) is 17.6 Å². The minimum absolute atomic E-state index is 0.134. The highest BCUT2D eigenvalue weighted by Gasteiger charge is 2.15. The molecule has 0 radical (unpaired) electrons. The summed E-state index contributed by atoms with van der Waals surface area (Å²) >= 11 is 10.6. The second kappa shape index (κ2) is 8.98. The fourth-order valence-corrected chi connectivity index (χ4v) is 3.77. The number of hydrogen-bond donors (Lipinski definition) is 2. The average molecular weight is 481 g/mol. The van der Waals surface area contributed by atoms with Gasteiger partial charge in [-0.15, -0.1) is 10.2 Å². The number of anilines is 1. The molecule has 0 atom stereocenters. The summed E-state index contributed by atoms with van der Waals surface area (Å²) in [4.78, 5) is 12.4. The molecule has 1 amide bonds. The van der Waals surface area contributed by atoms with Gasteiger partial charge < -0.3 is 11.2 Å². The van der Waals surface area contributed by atoms with Crippen molar-refractivity contribution in [1.82, 2.24) is 14.9 Å². The number of aromatic nitrogens is 3. The topological polar surface area (TPSA) is 85.8 Å². The van der Waals surface area contributed by atoms with Crippen LogP contribution >= 0.6 is 39.3 Å². The number of carbonyl (C=O) groups is 1. The van der Waals surface area contributed by atoms with Gasteiger partial charge in [0.25, 0.3) is 0 Å². The van der Waals surface area contributed by atoms with Crippen LogP contribution in [0.3, 0.4) is 0 Å². The molecule has 6 nitrogen and oxygen atoms in total. The summed E-state index contributed by atoms with van der Waals surface area (Å²) in [5.41, 5.74) is 2.67. The minimum atomic E-state index is -0.134. The van der Waals surface area contributed by atoms with E-state index in [1.807, 2.05) is 30.3 Å². The summed E-state index contributed by atoms with van der Waals surface area (Å²) in [7, 11) is 0. The number of nitrogen functional groups attached to an aromatic ring is 1. The molecule has 0 aliphatic heterocycles. The molecule has 0 unspecified atom stereocenters. The van der Waals surface area contributed by atoms with E-state index in [1.165, 1.54) is 16.4 Å². The minimum Gasteiger partial charge on any atom is -0.335 e. The van der Waals surface area contributed by atoms with Crippen LogP contribution in [0.15, 0.2) is 52.1 Å². The van der Waals surface area contributed by atoms with Crippen LogP contribution in [0.5, 0.6) is 0 Å². The van der Waals surface area contributed by atoms with Gasteiger partial charge >= 0.3 is 0 Å². The maximum absolute atomic E-state index is 12.4. The van der Waals surface area contributed by atoms with Gasteiger partial charge in [0.15, 0.2) is 5.82 Å². The van der Waals surface area contributed by atoms with Crippen LogP contribution in [0.4, 0.5) is 5.69 Å². The van der Waals surface area contributed by atoms with Crippen LogP contribution in [0.2, 0.25) is 5.02 Å². The highest BCUT2D eigenvalue weighted by molar-refractivity contribution is 9.10. The summed E-state index contributed by atoms with van der Waals surface area (Å²) in [5.74, 6) is 6.93. The largest absolute Gasteiger partial charge is 0.335 e. The lowest BCUT2D eigenvalue weighted by molar-refractivity contribution is -0.113. The van der Waals surface area contributed by atoms with Crippen LogP contribution in [-0.4, -0.2) is 26.5 Å². The van der Waals surface area contributed by atoms with Crippen LogP contribution in [-0.2, 0) is 4.79 Å². The van der Waals surface area contributed by atoms with Gasteiger partial charge in [0.1, 0.15) is 0 Å². The Morgan fingerprint density at radius 3 is 2.64 bits per heavy atom. The second-order valence-corrected chi connectivity index (χ2v) is 8.70. The second-order valence-electron chi connectivity index (χ2n) is 6.41. The molecule has 0 saturated carbocycles. The molecule has 0 bridgehead atoms. The summed E-state index contributed by atoms with van der Waals surface area (Å²) in [6.45, 7) is 4.17. The van der Waals surface area contributed by atoms with E-state index in [4.69, 9.17) is 17.4 Å². The molecule has 0 saturated heterocycles. The molecule has 1 aromatic heterocycles. The maximum Gasteiger partial charge on any atom is 0.234 e. The lowest BCUT2D eigenvalue weighted by atomic mass is 10.0. The van der Waals surface area contributed by atoms with Gasteiger partial charge in [-0.3, -0.25) is 4.79 Å². The Morgan fingerprint density at radius 2 is 1.96 bits per heavy atom. The van der Waals surface area contributed by atoms with Gasteiger partial charge in [0.05, 0.1) is 5.75 Å². The van der Waals surface area contributed by atoms with Crippen molar-refractivity contribution < 1.29 is 4.79 Å². The van der Waals surface area contributed by atoms with Gasteiger partial charge in [-0.2, -0.15) is 0 Å². The fourth-order valence-electron chi connectivity index (χ4n) is 2.61. The summed E-state index contributed by atoms with van der Waals surface area (Å²) < 4.78 is 2.36. The van der Waals surface area contributed by atoms with Gasteiger partial charge in [0.2, 0.25) is 11.1 Å². The molecular weight excluding hydrogens is 462 g/mol. The summed E-state index contributed by atoms with van der Waals surface area (Å²) in [6, 6.07) is 13.0. The molecule has 0 fully saturated rings. The maximum atomic E-state index is 12.4. The lowest BCUT2D eigenvalue weighted by Gasteiger charge is -2.14. The highest BCUT2D eigenvalue weighted by Crippen LogP contribution is 2.28. The molecule has 0 aliphatic carbocycles. The quantitative estimate of drug-likeness (QED) is 0.386. The van der Waals surface area contributed by atoms with Crippen molar-refractivity contribution >= 4 is 50.9 Å². The third-order valence-corrected chi connectivity index (χ3v) is 5.70. The number of amides is 1. The number of rotatable bonds is 6. The van der Waals surface area contributed by atoms with Gasteiger partial charge in [-0.05, 0) is 53.9 Å². The SMILES string of the molecule is CC(C)c1cc(Br)ccc1NC(=O)CSc1nnc(-c2ccc(Cl)cc2)n1N. The molecule has 3 N–H and O–H groups in total. The van der Waals surface area contributed by atoms with E-state index in [0.717, 1.165) is 21.3 Å². The van der Waals surface area contributed by atoms with E-state index in [1.54, 1.807) is 12.1 Å². The molecular formula is C19H19BrClN5OS. The van der Waals surface area contributed by atoms with E-state index in [9.17, 15) is 4.79 Å². The monoisotopic (exact) mass is 479 g/mol. The number of halogens is 2. The standard InChI is InChI=1S/C19H19BrClN5OS/c1-11(2)15-9-13(20)5-8-16(15)23-17(27)10-28-19-25-24-18(26(19)22)12-3-6-14(21)7-4-12/h3-9,11H,10,22H2,1-2H3,(H,23,27). The van der Waals surface area contributed by atoms with E-state index >= 15 is 0 Å². The number of thioether (sulfide) groups is 1. The van der Waals surface area contributed by atoms with Crippen LogP contribution in [0, 0.1) is 0 Å². The number of benzene rings is 2. The zero-order valence-corrected chi connectivity index (χ0v) is 18.5. The Hall–Kier alpha value is -2.03. The highest BCUT2D eigenvalue weighted by atomic mass is 79.9. The Balaban J connectivity index is 1.67. The molecule has 1 heterocycles. The van der Waals surface area contributed by atoms with Gasteiger partial charge in [-0.1, -0.05) is 53.1 Å². The van der Waals surface area contributed by atoms with Crippen molar-refractivity contribution in [3.63, 3.8) is 0 Å². The molecule has 2 aromatic carbocycles. The first-order chi connectivity index (χ1) is 13.3. The molecule has 0 aliphatic rings. The van der Waals surface area contributed by atoms with Crippen molar-refractivity contribution in [2.24, 2.45) is 0 Å². The van der Waals surface area contributed by atoms with Crippen molar-refractivity contribution in [3.8, 4) is 11.4 Å². The zero-order chi connectivity index (χ0) is 20.3. The molecule has 3 aromatic rings. The normalized spacial score (nSPS) is 11.0. The predicted molar refractivity (Wildman–Crippen MR) is 118 cm³/mol. The first-order valence-corrected chi connectivity index (χ1v) is 10.7. The number of nitrogens with zero attached hydrogens (tertiary/aromatic N) is 3. The number of hydrogen-bond acceptors (Lipinski definition) is 5. The van der Waals surface area contributed by atoms with Gasteiger partial charge in [-0.25, -0.2) is 4.68 Å². The third kappa shape index (κ3) is 4.87. The molecule has 28 heavy (non-hydrogen) atoms. The summed E-state index contributed by atoms with van der Waals surface area (Å²) in [6.07, 6.45) is 0. The number of nitrogens with two attached hydrogens (primary N) is 1. The molecule has 9 heteroatoms. The first-order valence-electron chi connectivity index (χ1n) is 8.53. The predicted octanol–water partition coefficient (Wildman–Crippen LogP) is 4.93. The molecule has 3 rings (SSSR count). The van der Waals surface area contributed by atoms with E-state index in [2.05, 4.69) is 45.3 Å². The zero-order valence-electron chi connectivity index (χ0n) is 15.3.